The number of primary sulfonamides is 1. The Hall–Kier alpha value is -2.06. The number of anilines is 2. The van der Waals surface area contributed by atoms with E-state index in [0.29, 0.717) is 12.2 Å². The number of nitrogens with one attached hydrogen (secondary N) is 1. The van der Waals surface area contributed by atoms with Crippen molar-refractivity contribution in [1.82, 2.24) is 9.78 Å². The maximum absolute atomic E-state index is 11.2. The van der Waals surface area contributed by atoms with Gasteiger partial charge in [-0.1, -0.05) is 0 Å². The van der Waals surface area contributed by atoms with Gasteiger partial charge in [-0.15, -0.1) is 0 Å². The molecule has 0 saturated heterocycles. The lowest BCUT2D eigenvalue weighted by Crippen LogP contribution is -2.14. The standard InChI is InChI=1S/C11H15N5O2S/c1-16-9(4-5-15-16)7-14-8-2-3-11(10(12)6-8)19(13,17)18/h2-6,14H,7,12H2,1H3,(H2,13,17,18). The fourth-order valence-corrected chi connectivity index (χ4v) is 2.33. The average Bonchev–Trinajstić information content (AvgIpc) is 2.70. The Labute approximate surface area is 111 Å². The molecule has 102 valence electrons. The summed E-state index contributed by atoms with van der Waals surface area (Å²) in [7, 11) is -1.94. The summed E-state index contributed by atoms with van der Waals surface area (Å²) in [4.78, 5) is -0.0708. The number of benzene rings is 1. The van der Waals surface area contributed by atoms with Crippen LogP contribution in [0.2, 0.25) is 0 Å². The van der Waals surface area contributed by atoms with E-state index in [2.05, 4.69) is 10.4 Å². The highest BCUT2D eigenvalue weighted by Crippen LogP contribution is 2.21. The van der Waals surface area contributed by atoms with Crippen LogP contribution in [0.1, 0.15) is 5.69 Å². The Morgan fingerprint density at radius 1 is 1.37 bits per heavy atom. The molecule has 0 aliphatic rings. The Kier molecular flexibility index (Phi) is 3.45. The van der Waals surface area contributed by atoms with E-state index in [4.69, 9.17) is 10.9 Å². The lowest BCUT2D eigenvalue weighted by molar-refractivity contribution is 0.598. The van der Waals surface area contributed by atoms with Gasteiger partial charge in [0.05, 0.1) is 17.9 Å². The predicted molar refractivity (Wildman–Crippen MR) is 72.8 cm³/mol. The number of aromatic nitrogens is 2. The van der Waals surface area contributed by atoms with Gasteiger partial charge in [-0.3, -0.25) is 4.68 Å². The van der Waals surface area contributed by atoms with E-state index < -0.39 is 10.0 Å². The Balaban J connectivity index is 2.15. The molecule has 0 amide bonds. The third-order valence-electron chi connectivity index (χ3n) is 2.71. The molecule has 19 heavy (non-hydrogen) atoms. The number of nitrogen functional groups attached to an aromatic ring is 1. The van der Waals surface area contributed by atoms with Gasteiger partial charge in [-0.2, -0.15) is 5.10 Å². The number of rotatable bonds is 4. The molecular weight excluding hydrogens is 266 g/mol. The zero-order valence-corrected chi connectivity index (χ0v) is 11.2. The molecule has 1 aromatic heterocycles. The molecule has 1 aromatic carbocycles. The maximum atomic E-state index is 11.2. The highest BCUT2D eigenvalue weighted by atomic mass is 32.2. The van der Waals surface area contributed by atoms with Crippen LogP contribution >= 0.6 is 0 Å². The van der Waals surface area contributed by atoms with Gasteiger partial charge in [-0.25, -0.2) is 13.6 Å². The van der Waals surface area contributed by atoms with E-state index in [1.807, 2.05) is 13.1 Å². The summed E-state index contributed by atoms with van der Waals surface area (Å²) in [5, 5.41) is 12.2. The van der Waals surface area contributed by atoms with Gasteiger partial charge in [0.2, 0.25) is 10.0 Å². The number of nitrogens with two attached hydrogens (primary N) is 2. The summed E-state index contributed by atoms with van der Waals surface area (Å²) in [5.41, 5.74) is 7.50. The molecule has 0 radical (unpaired) electrons. The molecule has 2 aromatic rings. The summed E-state index contributed by atoms with van der Waals surface area (Å²) in [5.74, 6) is 0. The molecule has 0 fully saturated rings. The lowest BCUT2D eigenvalue weighted by Gasteiger charge is -2.09. The van der Waals surface area contributed by atoms with Crippen molar-refractivity contribution in [3.05, 3.63) is 36.2 Å². The van der Waals surface area contributed by atoms with Crippen LogP contribution in [0.3, 0.4) is 0 Å². The first-order valence-electron chi connectivity index (χ1n) is 5.51. The van der Waals surface area contributed by atoms with Crippen molar-refractivity contribution in [2.24, 2.45) is 12.2 Å². The van der Waals surface area contributed by atoms with Gasteiger partial charge in [0.25, 0.3) is 0 Å². The van der Waals surface area contributed by atoms with Gasteiger partial charge in [0.15, 0.2) is 0 Å². The first-order valence-corrected chi connectivity index (χ1v) is 7.05. The van der Waals surface area contributed by atoms with Crippen molar-refractivity contribution < 1.29 is 8.42 Å². The third-order valence-corrected chi connectivity index (χ3v) is 3.70. The second-order valence-electron chi connectivity index (χ2n) is 4.10. The molecule has 7 nitrogen and oxygen atoms in total. The van der Waals surface area contributed by atoms with Gasteiger partial charge in [-0.05, 0) is 24.3 Å². The maximum Gasteiger partial charge on any atom is 0.240 e. The summed E-state index contributed by atoms with van der Waals surface area (Å²) in [6, 6.07) is 6.42. The fourth-order valence-electron chi connectivity index (χ4n) is 1.68. The molecule has 0 saturated carbocycles. The van der Waals surface area contributed by atoms with Gasteiger partial charge >= 0.3 is 0 Å². The van der Waals surface area contributed by atoms with Crippen LogP contribution in [0.15, 0.2) is 35.4 Å². The molecule has 0 aliphatic heterocycles. The molecule has 0 atom stereocenters. The monoisotopic (exact) mass is 281 g/mol. The number of nitrogens with zero attached hydrogens (tertiary/aromatic N) is 2. The topological polar surface area (TPSA) is 116 Å². The van der Waals surface area contributed by atoms with E-state index in [1.165, 1.54) is 12.1 Å². The van der Waals surface area contributed by atoms with E-state index in [-0.39, 0.29) is 10.6 Å². The Morgan fingerprint density at radius 2 is 2.11 bits per heavy atom. The SMILES string of the molecule is Cn1nccc1CNc1ccc(S(N)(=O)=O)c(N)c1. The summed E-state index contributed by atoms with van der Waals surface area (Å²) in [6.07, 6.45) is 1.70. The number of sulfonamides is 1. The summed E-state index contributed by atoms with van der Waals surface area (Å²) in [6.45, 7) is 0.560. The van der Waals surface area contributed by atoms with Gasteiger partial charge in [0, 0.05) is 18.9 Å². The van der Waals surface area contributed by atoms with Crippen LogP contribution in [0.25, 0.3) is 0 Å². The van der Waals surface area contributed by atoms with Crippen molar-refractivity contribution in [3.63, 3.8) is 0 Å². The summed E-state index contributed by atoms with van der Waals surface area (Å²) < 4.78 is 24.2. The highest BCUT2D eigenvalue weighted by Gasteiger charge is 2.12. The minimum atomic E-state index is -3.78. The molecule has 0 unspecified atom stereocenters. The van der Waals surface area contributed by atoms with Gasteiger partial charge in [0.1, 0.15) is 4.90 Å². The highest BCUT2D eigenvalue weighted by molar-refractivity contribution is 7.89. The van der Waals surface area contributed by atoms with Crippen LogP contribution in [0.4, 0.5) is 11.4 Å². The Morgan fingerprint density at radius 3 is 2.63 bits per heavy atom. The first-order chi connectivity index (χ1) is 8.88. The largest absolute Gasteiger partial charge is 0.398 e. The molecule has 0 aliphatic carbocycles. The van der Waals surface area contributed by atoms with E-state index in [0.717, 1.165) is 5.69 Å². The van der Waals surface area contributed by atoms with Crippen molar-refractivity contribution in [1.29, 1.82) is 0 Å². The van der Waals surface area contributed by atoms with Crippen LogP contribution in [-0.4, -0.2) is 18.2 Å². The second-order valence-corrected chi connectivity index (χ2v) is 5.63. The predicted octanol–water partition coefficient (Wildman–Crippen LogP) is 0.262. The average molecular weight is 281 g/mol. The normalized spacial score (nSPS) is 11.5. The van der Waals surface area contributed by atoms with Crippen molar-refractivity contribution in [2.75, 3.05) is 11.1 Å². The van der Waals surface area contributed by atoms with E-state index >= 15 is 0 Å². The van der Waals surface area contributed by atoms with Gasteiger partial charge < -0.3 is 11.1 Å². The number of aryl methyl sites for hydroxylation is 1. The number of hydrogen-bond donors (Lipinski definition) is 3. The molecule has 8 heteroatoms. The van der Waals surface area contributed by atoms with Crippen LogP contribution < -0.4 is 16.2 Å². The smallest absolute Gasteiger partial charge is 0.240 e. The van der Waals surface area contributed by atoms with Crippen molar-refractivity contribution in [3.8, 4) is 0 Å². The zero-order valence-electron chi connectivity index (χ0n) is 10.4. The molecule has 5 N–H and O–H groups in total. The molecule has 1 heterocycles. The summed E-state index contributed by atoms with van der Waals surface area (Å²) >= 11 is 0. The third kappa shape index (κ3) is 3.04. The first kappa shape index (κ1) is 13.4. The van der Waals surface area contributed by atoms with Crippen molar-refractivity contribution in [2.45, 2.75) is 11.4 Å². The minimum Gasteiger partial charge on any atom is -0.398 e. The molecule has 0 bridgehead atoms. The van der Waals surface area contributed by atoms with E-state index in [9.17, 15) is 8.42 Å². The second kappa shape index (κ2) is 4.90. The van der Waals surface area contributed by atoms with Crippen LogP contribution in [-0.2, 0) is 23.6 Å². The van der Waals surface area contributed by atoms with Crippen molar-refractivity contribution >= 4 is 21.4 Å². The fraction of sp³-hybridized carbons (Fsp3) is 0.182. The Bertz CT molecular complexity index is 693. The van der Waals surface area contributed by atoms with Crippen LogP contribution in [0.5, 0.6) is 0 Å². The lowest BCUT2D eigenvalue weighted by atomic mass is 10.2. The molecule has 0 spiro atoms. The quantitative estimate of drug-likeness (QED) is 0.695. The zero-order chi connectivity index (χ0) is 14.0. The number of hydrogen-bond acceptors (Lipinski definition) is 5. The molecule has 2 rings (SSSR count). The van der Waals surface area contributed by atoms with E-state index in [1.54, 1.807) is 16.9 Å². The van der Waals surface area contributed by atoms with Crippen LogP contribution in [0, 0.1) is 0 Å². The molecular formula is C11H15N5O2S. The minimum absolute atomic E-state index is 0.0708.